The molecule has 1 aliphatic heterocycles. The number of rotatable bonds is 3. The van der Waals surface area contributed by atoms with Gasteiger partial charge in [-0.1, -0.05) is 0 Å². The first kappa shape index (κ1) is 14.9. The van der Waals surface area contributed by atoms with Gasteiger partial charge in [-0.2, -0.15) is 0 Å². The maximum atomic E-state index is 12.3. The average molecular weight is 276 g/mol. The largest absolute Gasteiger partial charge is 0.480 e. The summed E-state index contributed by atoms with van der Waals surface area (Å²) in [6.45, 7) is 5.97. The highest BCUT2D eigenvalue weighted by atomic mass is 32.2. The molecular weight excluding hydrogens is 256 g/mol. The number of carboxylic acids is 1. The van der Waals surface area contributed by atoms with Crippen molar-refractivity contribution in [1.82, 2.24) is 9.80 Å². The van der Waals surface area contributed by atoms with Gasteiger partial charge >= 0.3 is 12.0 Å². The predicted octanol–water partition coefficient (Wildman–Crippen LogP) is 0.356. The Morgan fingerprint density at radius 1 is 1.33 bits per heavy atom. The molecule has 0 aromatic carbocycles. The van der Waals surface area contributed by atoms with Crippen LogP contribution in [0.25, 0.3) is 0 Å². The van der Waals surface area contributed by atoms with Crippen molar-refractivity contribution in [2.45, 2.75) is 26.3 Å². The van der Waals surface area contributed by atoms with Crippen LogP contribution in [0.4, 0.5) is 4.79 Å². The topological polar surface area (TPSA) is 77.9 Å². The van der Waals surface area contributed by atoms with Crippen LogP contribution in [-0.2, 0) is 15.6 Å². The first-order chi connectivity index (χ1) is 8.30. The van der Waals surface area contributed by atoms with Crippen LogP contribution in [0.2, 0.25) is 0 Å². The molecule has 1 saturated heterocycles. The van der Waals surface area contributed by atoms with E-state index in [2.05, 4.69) is 0 Å². The molecule has 0 spiro atoms. The molecule has 1 aliphatic rings. The maximum Gasteiger partial charge on any atom is 0.329 e. The van der Waals surface area contributed by atoms with E-state index in [1.807, 2.05) is 0 Å². The molecule has 104 valence electrons. The van der Waals surface area contributed by atoms with Crippen molar-refractivity contribution in [2.75, 3.05) is 31.1 Å². The summed E-state index contributed by atoms with van der Waals surface area (Å²) in [5, 5.41) is 9.17. The van der Waals surface area contributed by atoms with Crippen molar-refractivity contribution in [2.24, 2.45) is 0 Å². The minimum Gasteiger partial charge on any atom is -0.480 e. The summed E-state index contributed by atoms with van der Waals surface area (Å²) in [7, 11) is -0.851. The maximum absolute atomic E-state index is 12.3. The lowest BCUT2D eigenvalue weighted by molar-refractivity contribution is -0.147. The second-order valence-corrected chi connectivity index (χ2v) is 6.42. The molecular formula is C11H20N2O4S. The second-order valence-electron chi connectivity index (χ2n) is 4.73. The Bertz CT molecular complexity index is 360. The molecule has 1 rings (SSSR count). The van der Waals surface area contributed by atoms with Crippen molar-refractivity contribution >= 4 is 22.8 Å². The molecule has 1 fully saturated rings. The minimum absolute atomic E-state index is 0.290. The van der Waals surface area contributed by atoms with E-state index >= 15 is 0 Å². The highest BCUT2D eigenvalue weighted by Gasteiger charge is 2.39. The van der Waals surface area contributed by atoms with Crippen LogP contribution in [0.15, 0.2) is 0 Å². The molecule has 1 heterocycles. The fourth-order valence-corrected chi connectivity index (χ4v) is 2.94. The predicted molar refractivity (Wildman–Crippen MR) is 68.9 cm³/mol. The Balaban J connectivity index is 2.80. The fraction of sp³-hybridized carbons (Fsp3) is 0.818. The van der Waals surface area contributed by atoms with Gasteiger partial charge in [0.1, 0.15) is 5.54 Å². The van der Waals surface area contributed by atoms with Crippen molar-refractivity contribution in [1.29, 1.82) is 0 Å². The fourth-order valence-electron chi connectivity index (χ4n) is 1.88. The van der Waals surface area contributed by atoms with Crippen LogP contribution in [-0.4, -0.2) is 67.8 Å². The summed E-state index contributed by atoms with van der Waals surface area (Å²) in [5.74, 6) is -0.0913. The van der Waals surface area contributed by atoms with Crippen LogP contribution in [0.1, 0.15) is 20.8 Å². The smallest absolute Gasteiger partial charge is 0.329 e. The second kappa shape index (κ2) is 5.69. The molecule has 0 unspecified atom stereocenters. The summed E-state index contributed by atoms with van der Waals surface area (Å²) in [6.07, 6.45) is 0. The molecule has 6 nitrogen and oxygen atoms in total. The van der Waals surface area contributed by atoms with Gasteiger partial charge in [-0.05, 0) is 20.8 Å². The van der Waals surface area contributed by atoms with Crippen LogP contribution in [0, 0.1) is 0 Å². The number of urea groups is 1. The van der Waals surface area contributed by atoms with Crippen LogP contribution in [0.5, 0.6) is 0 Å². The van der Waals surface area contributed by atoms with E-state index in [0.717, 1.165) is 0 Å². The highest BCUT2D eigenvalue weighted by molar-refractivity contribution is 7.85. The third-order valence-electron chi connectivity index (χ3n) is 3.19. The molecule has 0 bridgehead atoms. The summed E-state index contributed by atoms with van der Waals surface area (Å²) in [5.41, 5.74) is -1.23. The van der Waals surface area contributed by atoms with Crippen molar-refractivity contribution in [3.05, 3.63) is 0 Å². The van der Waals surface area contributed by atoms with E-state index in [0.29, 0.717) is 31.1 Å². The number of carbonyl (C=O) groups is 2. The number of amides is 2. The lowest BCUT2D eigenvalue weighted by atomic mass is 10.0. The molecule has 0 aliphatic carbocycles. The average Bonchev–Trinajstić information content (AvgIpc) is 2.30. The van der Waals surface area contributed by atoms with Crippen molar-refractivity contribution in [3.63, 3.8) is 0 Å². The lowest BCUT2D eigenvalue weighted by Crippen LogP contribution is -2.58. The quantitative estimate of drug-likeness (QED) is 0.807. The van der Waals surface area contributed by atoms with Gasteiger partial charge < -0.3 is 14.9 Å². The molecule has 0 aromatic heterocycles. The van der Waals surface area contributed by atoms with Gasteiger partial charge in [0, 0.05) is 41.9 Å². The van der Waals surface area contributed by atoms with Gasteiger partial charge in [0.05, 0.1) is 0 Å². The number of likely N-dealkylation sites (N-methyl/N-ethyl adjacent to an activating group) is 1. The van der Waals surface area contributed by atoms with E-state index in [4.69, 9.17) is 0 Å². The molecule has 0 saturated carbocycles. The van der Waals surface area contributed by atoms with Crippen LogP contribution in [0.3, 0.4) is 0 Å². The number of hydrogen-bond donors (Lipinski definition) is 1. The zero-order valence-electron chi connectivity index (χ0n) is 11.0. The summed E-state index contributed by atoms with van der Waals surface area (Å²) in [4.78, 5) is 26.4. The zero-order chi connectivity index (χ0) is 13.9. The van der Waals surface area contributed by atoms with E-state index in [1.54, 1.807) is 11.8 Å². The van der Waals surface area contributed by atoms with Gasteiger partial charge in [0.25, 0.3) is 0 Å². The molecule has 7 heteroatoms. The van der Waals surface area contributed by atoms with Crippen molar-refractivity contribution in [3.8, 4) is 0 Å². The van der Waals surface area contributed by atoms with Gasteiger partial charge in [-0.3, -0.25) is 4.21 Å². The summed E-state index contributed by atoms with van der Waals surface area (Å²) >= 11 is 0. The van der Waals surface area contributed by atoms with E-state index in [-0.39, 0.29) is 6.03 Å². The Kier molecular flexibility index (Phi) is 4.72. The van der Waals surface area contributed by atoms with Gasteiger partial charge in [-0.25, -0.2) is 9.59 Å². The summed E-state index contributed by atoms with van der Waals surface area (Å²) in [6, 6.07) is -0.290. The number of carbonyl (C=O) groups excluding carboxylic acids is 1. The normalized spacial score (nSPS) is 17.6. The monoisotopic (exact) mass is 276 g/mol. The molecule has 0 radical (unpaired) electrons. The van der Waals surface area contributed by atoms with E-state index < -0.39 is 22.3 Å². The molecule has 0 aromatic rings. The number of carboxylic acid groups (broad SMARTS) is 1. The number of hydrogen-bond acceptors (Lipinski definition) is 3. The Hall–Kier alpha value is -1.11. The van der Waals surface area contributed by atoms with Gasteiger partial charge in [0.2, 0.25) is 0 Å². The van der Waals surface area contributed by atoms with Crippen LogP contribution >= 0.6 is 0 Å². The SMILES string of the molecule is CCN(C(=O)N1CCS(=O)CC1)C(C)(C)C(=O)O. The van der Waals surface area contributed by atoms with Crippen molar-refractivity contribution < 1.29 is 18.9 Å². The zero-order valence-corrected chi connectivity index (χ0v) is 11.8. The Labute approximate surface area is 109 Å². The lowest BCUT2D eigenvalue weighted by Gasteiger charge is -2.39. The third-order valence-corrected chi connectivity index (χ3v) is 4.47. The first-order valence-electron chi connectivity index (χ1n) is 5.95. The van der Waals surface area contributed by atoms with Crippen LogP contribution < -0.4 is 0 Å². The highest BCUT2D eigenvalue weighted by Crippen LogP contribution is 2.17. The van der Waals surface area contributed by atoms with E-state index in [9.17, 15) is 18.9 Å². The standard InChI is InChI=1S/C11H20N2O4S/c1-4-13(11(2,3)9(14)15)10(16)12-5-7-18(17)8-6-12/h4-8H2,1-3H3,(H,14,15). The first-order valence-corrected chi connectivity index (χ1v) is 7.44. The van der Waals surface area contributed by atoms with Gasteiger partial charge in [-0.15, -0.1) is 0 Å². The van der Waals surface area contributed by atoms with Gasteiger partial charge in [0.15, 0.2) is 0 Å². The van der Waals surface area contributed by atoms with E-state index in [1.165, 1.54) is 18.7 Å². The minimum atomic E-state index is -1.23. The summed E-state index contributed by atoms with van der Waals surface area (Å²) < 4.78 is 11.2. The molecule has 2 amide bonds. The molecule has 18 heavy (non-hydrogen) atoms. The number of aliphatic carboxylic acids is 1. The molecule has 0 atom stereocenters. The Morgan fingerprint density at radius 2 is 1.83 bits per heavy atom. The molecule has 1 N–H and O–H groups in total. The third kappa shape index (κ3) is 3.01. The number of nitrogens with zero attached hydrogens (tertiary/aromatic N) is 2. The Morgan fingerprint density at radius 3 is 2.22 bits per heavy atom.